The Kier molecular flexibility index (Phi) is 10.2. The van der Waals surface area contributed by atoms with Crippen LogP contribution in [-0.4, -0.2) is 82.8 Å². The average Bonchev–Trinajstić information content (AvgIpc) is 2.38. The van der Waals surface area contributed by atoms with Crippen molar-refractivity contribution in [2.75, 3.05) is 39.8 Å². The van der Waals surface area contributed by atoms with E-state index in [-0.39, 0.29) is 19.3 Å². The first-order chi connectivity index (χ1) is 9.81. The Labute approximate surface area is 124 Å². The van der Waals surface area contributed by atoms with Gasteiger partial charge in [-0.05, 0) is 26.6 Å². The Bertz CT molecular complexity index is 330. The molecule has 0 rings (SSSR count). The van der Waals surface area contributed by atoms with E-state index in [4.69, 9.17) is 15.3 Å². The molecular weight excluding hydrogens is 280 g/mol. The van der Waals surface area contributed by atoms with E-state index in [2.05, 4.69) is 0 Å². The van der Waals surface area contributed by atoms with E-state index in [1.54, 1.807) is 0 Å². The molecule has 0 amide bonds. The van der Waals surface area contributed by atoms with Gasteiger partial charge in [-0.15, -0.1) is 0 Å². The van der Waals surface area contributed by atoms with Crippen LogP contribution in [0.2, 0.25) is 0 Å². The van der Waals surface area contributed by atoms with Crippen LogP contribution in [0.25, 0.3) is 0 Å². The van der Waals surface area contributed by atoms with Gasteiger partial charge in [0.05, 0.1) is 19.3 Å². The van der Waals surface area contributed by atoms with Gasteiger partial charge in [-0.1, -0.05) is 0 Å². The molecule has 8 nitrogen and oxygen atoms in total. The summed E-state index contributed by atoms with van der Waals surface area (Å²) in [5.74, 6) is -2.66. The largest absolute Gasteiger partial charge is 0.481 e. The van der Waals surface area contributed by atoms with Crippen molar-refractivity contribution >= 4 is 17.9 Å². The van der Waals surface area contributed by atoms with Gasteiger partial charge in [0, 0.05) is 19.6 Å². The van der Waals surface area contributed by atoms with Gasteiger partial charge in [0.25, 0.3) is 0 Å². The predicted octanol–water partition coefficient (Wildman–Crippen LogP) is 0.0344. The zero-order valence-corrected chi connectivity index (χ0v) is 12.3. The third-order valence-corrected chi connectivity index (χ3v) is 3.01. The molecule has 8 heteroatoms. The summed E-state index contributed by atoms with van der Waals surface area (Å²) in [6.45, 7) is 2.38. The van der Waals surface area contributed by atoms with Crippen LogP contribution in [0.1, 0.15) is 25.7 Å². The third kappa shape index (κ3) is 13.1. The van der Waals surface area contributed by atoms with Crippen LogP contribution in [0.15, 0.2) is 0 Å². The summed E-state index contributed by atoms with van der Waals surface area (Å²) in [6.07, 6.45) is 0.774. The summed E-state index contributed by atoms with van der Waals surface area (Å²) in [7, 11) is 1.82. The molecule has 0 aromatic rings. The summed E-state index contributed by atoms with van der Waals surface area (Å²) in [4.78, 5) is 35.3. The summed E-state index contributed by atoms with van der Waals surface area (Å²) in [5, 5.41) is 25.9. The fourth-order valence-corrected chi connectivity index (χ4v) is 1.81. The van der Waals surface area contributed by atoms with Crippen molar-refractivity contribution in [3.8, 4) is 0 Å². The van der Waals surface area contributed by atoms with Crippen LogP contribution in [0.3, 0.4) is 0 Å². The molecule has 0 heterocycles. The maximum atomic E-state index is 10.6. The first-order valence-corrected chi connectivity index (χ1v) is 6.87. The Hall–Kier alpha value is -1.67. The van der Waals surface area contributed by atoms with Crippen LogP contribution < -0.4 is 0 Å². The lowest BCUT2D eigenvalue weighted by Gasteiger charge is -2.22. The van der Waals surface area contributed by atoms with Gasteiger partial charge in [-0.2, -0.15) is 0 Å². The first-order valence-electron chi connectivity index (χ1n) is 6.87. The van der Waals surface area contributed by atoms with Crippen molar-refractivity contribution < 1.29 is 29.7 Å². The van der Waals surface area contributed by atoms with Crippen LogP contribution in [0, 0.1) is 0 Å². The molecule has 0 atom stereocenters. The van der Waals surface area contributed by atoms with Gasteiger partial charge < -0.3 is 25.1 Å². The maximum Gasteiger partial charge on any atom is 0.304 e. The second-order valence-corrected chi connectivity index (χ2v) is 4.93. The number of hydrogen-bond acceptors (Lipinski definition) is 5. The topological polar surface area (TPSA) is 118 Å². The molecule has 0 radical (unpaired) electrons. The lowest BCUT2D eigenvalue weighted by molar-refractivity contribution is -0.138. The zero-order chi connectivity index (χ0) is 16.3. The van der Waals surface area contributed by atoms with E-state index in [0.29, 0.717) is 32.7 Å². The van der Waals surface area contributed by atoms with Crippen molar-refractivity contribution in [3.63, 3.8) is 0 Å². The van der Waals surface area contributed by atoms with Crippen LogP contribution >= 0.6 is 0 Å². The molecule has 0 aromatic heterocycles. The van der Waals surface area contributed by atoms with Crippen molar-refractivity contribution in [1.29, 1.82) is 0 Å². The SMILES string of the molecule is CN(CCCN(CCC(=O)O)CCC(=O)O)CCC(=O)O. The molecule has 0 saturated heterocycles. The fraction of sp³-hybridized carbons (Fsp3) is 0.769. The highest BCUT2D eigenvalue weighted by atomic mass is 16.4. The molecule has 0 aliphatic rings. The summed E-state index contributed by atoms with van der Waals surface area (Å²) in [6, 6.07) is 0. The average molecular weight is 304 g/mol. The minimum absolute atomic E-state index is 0.0194. The molecule has 0 spiro atoms. The molecule has 0 aliphatic heterocycles. The van der Waals surface area contributed by atoms with E-state index in [1.165, 1.54) is 0 Å². The number of carboxylic acid groups (broad SMARTS) is 3. The van der Waals surface area contributed by atoms with Crippen molar-refractivity contribution in [3.05, 3.63) is 0 Å². The van der Waals surface area contributed by atoms with E-state index in [9.17, 15) is 14.4 Å². The molecule has 0 unspecified atom stereocenters. The van der Waals surface area contributed by atoms with Gasteiger partial charge in [0.1, 0.15) is 0 Å². The monoisotopic (exact) mass is 304 g/mol. The Morgan fingerprint density at radius 1 is 0.714 bits per heavy atom. The highest BCUT2D eigenvalue weighted by Gasteiger charge is 2.10. The first kappa shape index (κ1) is 19.3. The second-order valence-electron chi connectivity index (χ2n) is 4.93. The third-order valence-electron chi connectivity index (χ3n) is 3.01. The summed E-state index contributed by atoms with van der Waals surface area (Å²) in [5.41, 5.74) is 0. The Morgan fingerprint density at radius 2 is 1.14 bits per heavy atom. The van der Waals surface area contributed by atoms with Gasteiger partial charge in [-0.25, -0.2) is 0 Å². The standard InChI is InChI=1S/C13H24N2O6/c1-14(8-3-11(16)17)6-2-7-15(9-4-12(18)19)10-5-13(20)21/h2-10H2,1H3,(H,16,17)(H,18,19)(H,20,21). The number of nitrogens with zero attached hydrogens (tertiary/aromatic N) is 2. The summed E-state index contributed by atoms with van der Waals surface area (Å²) >= 11 is 0. The van der Waals surface area contributed by atoms with E-state index < -0.39 is 17.9 Å². The minimum atomic E-state index is -0.908. The molecule has 0 aliphatic carbocycles. The number of hydrogen-bond donors (Lipinski definition) is 3. The minimum Gasteiger partial charge on any atom is -0.481 e. The highest BCUT2D eigenvalue weighted by molar-refractivity contribution is 5.67. The number of carbonyl (C=O) groups is 3. The second kappa shape index (κ2) is 11.0. The number of rotatable bonds is 13. The lowest BCUT2D eigenvalue weighted by atomic mass is 10.3. The smallest absolute Gasteiger partial charge is 0.304 e. The molecular formula is C13H24N2O6. The Morgan fingerprint density at radius 3 is 1.57 bits per heavy atom. The quantitative estimate of drug-likeness (QED) is 0.436. The normalized spacial score (nSPS) is 11.0. The summed E-state index contributed by atoms with van der Waals surface area (Å²) < 4.78 is 0. The molecule has 0 saturated carbocycles. The van der Waals surface area contributed by atoms with E-state index in [1.807, 2.05) is 16.8 Å². The molecule has 0 fully saturated rings. The zero-order valence-electron chi connectivity index (χ0n) is 12.3. The van der Waals surface area contributed by atoms with Crippen LogP contribution in [0.4, 0.5) is 0 Å². The van der Waals surface area contributed by atoms with Gasteiger partial charge in [0.2, 0.25) is 0 Å². The van der Waals surface area contributed by atoms with Gasteiger partial charge >= 0.3 is 17.9 Å². The highest BCUT2D eigenvalue weighted by Crippen LogP contribution is 1.99. The Balaban J connectivity index is 3.99. The molecule has 3 N–H and O–H groups in total. The molecule has 122 valence electrons. The number of carboxylic acids is 3. The van der Waals surface area contributed by atoms with Gasteiger partial charge in [-0.3, -0.25) is 14.4 Å². The lowest BCUT2D eigenvalue weighted by Crippen LogP contribution is -2.32. The molecule has 0 bridgehead atoms. The van der Waals surface area contributed by atoms with Crippen LogP contribution in [-0.2, 0) is 14.4 Å². The molecule has 21 heavy (non-hydrogen) atoms. The molecule has 0 aromatic carbocycles. The van der Waals surface area contributed by atoms with E-state index in [0.717, 1.165) is 6.42 Å². The van der Waals surface area contributed by atoms with E-state index >= 15 is 0 Å². The van der Waals surface area contributed by atoms with Crippen LogP contribution in [0.5, 0.6) is 0 Å². The van der Waals surface area contributed by atoms with Crippen molar-refractivity contribution in [2.45, 2.75) is 25.7 Å². The maximum absolute atomic E-state index is 10.6. The van der Waals surface area contributed by atoms with Crippen molar-refractivity contribution in [1.82, 2.24) is 9.80 Å². The number of aliphatic carboxylic acids is 3. The van der Waals surface area contributed by atoms with Crippen molar-refractivity contribution in [2.24, 2.45) is 0 Å². The fourth-order valence-electron chi connectivity index (χ4n) is 1.81. The van der Waals surface area contributed by atoms with Gasteiger partial charge in [0.15, 0.2) is 0 Å². The predicted molar refractivity (Wildman–Crippen MR) is 75.3 cm³/mol.